The van der Waals surface area contributed by atoms with E-state index in [4.69, 9.17) is 29.4 Å². The smallest absolute Gasteiger partial charge is 0.323 e. The molecule has 4 N–H and O–H groups in total. The second-order valence-electron chi connectivity index (χ2n) is 16.7. The summed E-state index contributed by atoms with van der Waals surface area (Å²) in [6.45, 7) is 4.09. The molecule has 0 aliphatic carbocycles. The van der Waals surface area contributed by atoms with Crippen molar-refractivity contribution < 1.29 is 52.3 Å². The summed E-state index contributed by atoms with van der Waals surface area (Å²) >= 11 is 1.26. The van der Waals surface area contributed by atoms with Gasteiger partial charge in [0.25, 0.3) is 7.82 Å². The van der Waals surface area contributed by atoms with E-state index >= 15 is 0 Å². The van der Waals surface area contributed by atoms with Crippen LogP contribution in [0, 0.1) is 0 Å². The number of likely N-dealkylation sites (N-methyl/N-ethyl adjacent to an activating group) is 1. The number of carbonyl (C=O) groups excluding carboxylic acids is 1. The average Bonchev–Trinajstić information content (AvgIpc) is 3.20. The van der Waals surface area contributed by atoms with Crippen molar-refractivity contribution in [3.8, 4) is 0 Å². The average molecular weight is 901 g/mol. The third kappa shape index (κ3) is 40.3. The molecule has 14 heteroatoms. The van der Waals surface area contributed by atoms with Crippen molar-refractivity contribution in [2.75, 3.05) is 53.3 Å². The molecule has 0 aliphatic heterocycles. The van der Waals surface area contributed by atoms with Crippen molar-refractivity contribution in [1.29, 1.82) is 0 Å². The number of aliphatic hydroxyl groups excluding tert-OH is 1. The zero-order valence-corrected chi connectivity index (χ0v) is 40.2. The summed E-state index contributed by atoms with van der Waals surface area (Å²) in [5.41, 5.74) is 6.22. The molecule has 354 valence electrons. The Labute approximate surface area is 374 Å². The van der Waals surface area contributed by atoms with Gasteiger partial charge in [0.15, 0.2) is 6.10 Å². The number of hydrogen-bond acceptors (Lipinski definition) is 11. The summed E-state index contributed by atoms with van der Waals surface area (Å²) in [5.74, 6) is -1.55. The van der Waals surface area contributed by atoms with Crippen LogP contribution < -0.4 is 10.6 Å². The van der Waals surface area contributed by atoms with Gasteiger partial charge in [-0.3, -0.25) is 14.2 Å². The number of carboxylic acid groups (broad SMARTS) is 1. The highest BCUT2D eigenvalue weighted by Gasteiger charge is 2.24. The van der Waals surface area contributed by atoms with Crippen LogP contribution in [0.25, 0.3) is 0 Å². The molecule has 1 unspecified atom stereocenters. The molecule has 0 bridgehead atoms. The fourth-order valence-electron chi connectivity index (χ4n) is 5.85. The van der Waals surface area contributed by atoms with E-state index in [1.807, 2.05) is 45.4 Å². The first-order chi connectivity index (χ1) is 29.2. The Kier molecular flexibility index (Phi) is 37.9. The number of phosphoric ester groups is 1. The molecule has 0 heterocycles. The fraction of sp³-hybridized carbons (Fsp3) is 0.745. The Balaban J connectivity index is 5.20. The van der Waals surface area contributed by atoms with Crippen LogP contribution in [0.15, 0.2) is 60.9 Å². The van der Waals surface area contributed by atoms with Gasteiger partial charge in [-0.05, 0) is 51.0 Å². The number of nitrogens with two attached hydrogens (primary N) is 1. The lowest BCUT2D eigenvalue weighted by Gasteiger charge is -2.28. The highest BCUT2D eigenvalue weighted by molar-refractivity contribution is 8.00. The Bertz CT molecular complexity index is 1290. The van der Waals surface area contributed by atoms with E-state index in [1.165, 1.54) is 101 Å². The maximum atomic E-state index is 13.0. The molecular weight excluding hydrogens is 816 g/mol. The van der Waals surface area contributed by atoms with E-state index in [1.54, 1.807) is 12.2 Å². The lowest BCUT2D eigenvalue weighted by atomic mass is 10.0. The van der Waals surface area contributed by atoms with Crippen molar-refractivity contribution in [1.82, 2.24) is 0 Å². The van der Waals surface area contributed by atoms with Gasteiger partial charge < -0.3 is 43.8 Å². The standard InChI is InChI=1S/C47H85N2O10PS/c1-6-8-10-12-14-16-18-20-21-23-25-27-29-31-37-56-42(40-59-60(54,55)58-38-36-49(3,4)5)39-57-47(53)43(48)41-61-45(44(50)33-32-35-46(51)52)34-30-28-26-24-22-19-17-15-13-11-9-7-2/h15,17,22,24,26,28,30-31,34,37,42-45,50H,6-14,16,18-21,23,25,27,29,32-33,35-36,38-41,48H2,1-5H3,(H-,51,52,54,55)/b17-15-,24-22-,28-26+,34-30+,37-31+/t42-,43+,44+,45-/m1/s1. The lowest BCUT2D eigenvalue weighted by molar-refractivity contribution is -0.870. The minimum atomic E-state index is -4.65. The minimum absolute atomic E-state index is 0.0504. The molecule has 0 amide bonds. The number of nitrogens with zero attached hydrogens (tertiary/aromatic N) is 1. The molecule has 0 aromatic heterocycles. The second-order valence-corrected chi connectivity index (χ2v) is 19.3. The zero-order valence-electron chi connectivity index (χ0n) is 38.5. The highest BCUT2D eigenvalue weighted by atomic mass is 32.2. The topological polar surface area (TPSA) is 178 Å². The van der Waals surface area contributed by atoms with Gasteiger partial charge in [-0.2, -0.15) is 0 Å². The van der Waals surface area contributed by atoms with Gasteiger partial charge >= 0.3 is 11.9 Å². The normalized spacial score (nSPS) is 15.6. The van der Waals surface area contributed by atoms with Gasteiger partial charge in [-0.15, -0.1) is 11.8 Å². The van der Waals surface area contributed by atoms with Crippen molar-refractivity contribution in [2.24, 2.45) is 5.73 Å². The summed E-state index contributed by atoms with van der Waals surface area (Å²) in [4.78, 5) is 36.6. The number of ether oxygens (including phenoxy) is 2. The summed E-state index contributed by atoms with van der Waals surface area (Å²) < 4.78 is 34.4. The Morgan fingerprint density at radius 1 is 0.770 bits per heavy atom. The number of rotatable bonds is 42. The number of aliphatic carboxylic acids is 1. The van der Waals surface area contributed by atoms with E-state index in [2.05, 4.69) is 32.1 Å². The predicted octanol–water partition coefficient (Wildman–Crippen LogP) is 9.97. The number of thioether (sulfide) groups is 1. The molecule has 0 saturated heterocycles. The fourth-order valence-corrected chi connectivity index (χ4v) is 7.71. The number of carboxylic acids is 1. The van der Waals surface area contributed by atoms with Crippen LogP contribution in [-0.2, 0) is 32.7 Å². The number of unbranched alkanes of at least 4 members (excludes halogenated alkanes) is 15. The lowest BCUT2D eigenvalue weighted by Crippen LogP contribution is -2.38. The van der Waals surface area contributed by atoms with Gasteiger partial charge in [-0.1, -0.05) is 146 Å². The van der Waals surface area contributed by atoms with Gasteiger partial charge in [0.1, 0.15) is 25.8 Å². The molecule has 0 radical (unpaired) electrons. The summed E-state index contributed by atoms with van der Waals surface area (Å²) in [6, 6.07) is -1.06. The van der Waals surface area contributed by atoms with Gasteiger partial charge in [0, 0.05) is 17.4 Å². The first-order valence-electron chi connectivity index (χ1n) is 23.0. The number of phosphoric acid groups is 1. The van der Waals surface area contributed by atoms with Crippen LogP contribution in [-0.4, -0.2) is 103 Å². The van der Waals surface area contributed by atoms with Crippen molar-refractivity contribution in [2.45, 2.75) is 172 Å². The first kappa shape index (κ1) is 58.8. The van der Waals surface area contributed by atoms with Crippen molar-refractivity contribution in [3.63, 3.8) is 0 Å². The zero-order chi connectivity index (χ0) is 45.5. The molecule has 0 aromatic rings. The largest absolute Gasteiger partial charge is 0.756 e. The van der Waals surface area contributed by atoms with Gasteiger partial charge in [0.05, 0.1) is 40.1 Å². The van der Waals surface area contributed by atoms with Crippen molar-refractivity contribution >= 4 is 31.5 Å². The molecule has 12 nitrogen and oxygen atoms in total. The molecule has 0 fully saturated rings. The number of esters is 1. The molecule has 5 atom stereocenters. The van der Waals surface area contributed by atoms with Gasteiger partial charge in [0.2, 0.25) is 0 Å². The Hall–Kier alpha value is -2.22. The van der Waals surface area contributed by atoms with Crippen LogP contribution in [0.1, 0.15) is 149 Å². The Morgan fingerprint density at radius 2 is 1.36 bits per heavy atom. The van der Waals surface area contributed by atoms with Crippen LogP contribution >= 0.6 is 19.6 Å². The van der Waals surface area contributed by atoms with Gasteiger partial charge in [-0.25, -0.2) is 0 Å². The van der Waals surface area contributed by atoms with E-state index in [0.29, 0.717) is 17.4 Å². The SMILES string of the molecule is CCCCC/C=C\C\C=C/C=C/C=C/[C@@H](SC[C@H](N)C(=O)OC[C@H](COP(=O)([O-])OCC[N+](C)(C)C)O/C=C/CCCCCCCCCCCCCC)[C@@H](O)CCCC(=O)O. The van der Waals surface area contributed by atoms with Crippen LogP contribution in [0.3, 0.4) is 0 Å². The third-order valence-electron chi connectivity index (χ3n) is 9.66. The molecule has 0 aliphatic rings. The quantitative estimate of drug-likeness (QED) is 0.0101. The van der Waals surface area contributed by atoms with E-state index in [-0.39, 0.29) is 31.8 Å². The third-order valence-corrected chi connectivity index (χ3v) is 12.0. The second kappa shape index (κ2) is 39.4. The monoisotopic (exact) mass is 901 g/mol. The van der Waals surface area contributed by atoms with E-state index in [9.17, 15) is 24.2 Å². The highest BCUT2D eigenvalue weighted by Crippen LogP contribution is 2.38. The number of aliphatic hydroxyl groups is 1. The summed E-state index contributed by atoms with van der Waals surface area (Å²) in [5, 5.41) is 19.5. The first-order valence-corrected chi connectivity index (χ1v) is 25.5. The van der Waals surface area contributed by atoms with Crippen molar-refractivity contribution in [3.05, 3.63) is 60.9 Å². The molecular formula is C47H85N2O10PS. The molecule has 61 heavy (non-hydrogen) atoms. The summed E-state index contributed by atoms with van der Waals surface area (Å²) in [7, 11) is 1.10. The predicted molar refractivity (Wildman–Crippen MR) is 250 cm³/mol. The maximum Gasteiger partial charge on any atom is 0.323 e. The number of hydrogen-bond donors (Lipinski definition) is 3. The molecule has 0 aromatic carbocycles. The number of allylic oxidation sites excluding steroid dienone is 8. The number of quaternary nitrogens is 1. The molecule has 0 spiro atoms. The van der Waals surface area contributed by atoms with Crippen LogP contribution in [0.2, 0.25) is 0 Å². The number of carbonyl (C=O) groups is 2. The van der Waals surface area contributed by atoms with Crippen LogP contribution in [0.5, 0.6) is 0 Å². The maximum absolute atomic E-state index is 13.0. The van der Waals surface area contributed by atoms with Crippen LogP contribution in [0.4, 0.5) is 0 Å². The summed E-state index contributed by atoms with van der Waals surface area (Å²) in [6.07, 6.45) is 39.3. The minimum Gasteiger partial charge on any atom is -0.756 e. The molecule has 0 saturated carbocycles. The molecule has 0 rings (SSSR count). The Morgan fingerprint density at radius 3 is 2.00 bits per heavy atom. The van der Waals surface area contributed by atoms with E-state index < -0.39 is 49.9 Å². The van der Waals surface area contributed by atoms with E-state index in [0.717, 1.165) is 32.1 Å².